The Labute approximate surface area is 106 Å². The standard InChI is InChI=1S/C12H19NO5/c1-6-9(3-10(15)7(2)14)12(17)13(11(6)16)4-8-5-18-8/h6-10,14-15H,3-5H2,1-2H3. The molecule has 2 aliphatic heterocycles. The second kappa shape index (κ2) is 4.95. The summed E-state index contributed by atoms with van der Waals surface area (Å²) in [5.41, 5.74) is 0. The number of carbonyl (C=O) groups excluding carboxylic acids is 2. The number of nitrogens with zero attached hydrogens (tertiary/aromatic N) is 1. The first-order chi connectivity index (χ1) is 8.41. The molecule has 2 heterocycles. The molecule has 5 unspecified atom stereocenters. The summed E-state index contributed by atoms with van der Waals surface area (Å²) in [6.07, 6.45) is -1.79. The van der Waals surface area contributed by atoms with Gasteiger partial charge in [-0.3, -0.25) is 14.5 Å². The number of amides is 2. The molecule has 18 heavy (non-hydrogen) atoms. The van der Waals surface area contributed by atoms with Crippen molar-refractivity contribution in [1.29, 1.82) is 0 Å². The largest absolute Gasteiger partial charge is 0.391 e. The number of aliphatic hydroxyl groups excluding tert-OH is 2. The Hall–Kier alpha value is -0.980. The average molecular weight is 257 g/mol. The summed E-state index contributed by atoms with van der Waals surface area (Å²) in [6.45, 7) is 4.05. The van der Waals surface area contributed by atoms with Gasteiger partial charge in [0.2, 0.25) is 11.8 Å². The van der Waals surface area contributed by atoms with Crippen LogP contribution >= 0.6 is 0 Å². The highest BCUT2D eigenvalue weighted by atomic mass is 16.6. The number of hydrogen-bond acceptors (Lipinski definition) is 5. The van der Waals surface area contributed by atoms with Crippen LogP contribution < -0.4 is 0 Å². The molecule has 0 saturated carbocycles. The number of likely N-dealkylation sites (tertiary alicyclic amines) is 1. The third kappa shape index (κ3) is 2.55. The normalized spacial score (nSPS) is 34.9. The fourth-order valence-corrected chi connectivity index (χ4v) is 2.26. The van der Waals surface area contributed by atoms with E-state index in [2.05, 4.69) is 0 Å². The maximum atomic E-state index is 12.1. The van der Waals surface area contributed by atoms with Crippen molar-refractivity contribution in [3.63, 3.8) is 0 Å². The summed E-state index contributed by atoms with van der Waals surface area (Å²) in [5, 5.41) is 18.9. The highest BCUT2D eigenvalue weighted by molar-refractivity contribution is 6.04. The van der Waals surface area contributed by atoms with Crippen molar-refractivity contribution in [2.75, 3.05) is 13.2 Å². The molecule has 2 rings (SSSR count). The lowest BCUT2D eigenvalue weighted by molar-refractivity contribution is -0.140. The minimum Gasteiger partial charge on any atom is -0.391 e. The monoisotopic (exact) mass is 257 g/mol. The van der Waals surface area contributed by atoms with E-state index in [-0.39, 0.29) is 24.3 Å². The lowest BCUT2D eigenvalue weighted by Gasteiger charge is -2.18. The molecule has 0 radical (unpaired) electrons. The van der Waals surface area contributed by atoms with E-state index in [1.54, 1.807) is 6.92 Å². The summed E-state index contributed by atoms with van der Waals surface area (Å²) in [5.74, 6) is -1.45. The molecule has 0 aromatic carbocycles. The van der Waals surface area contributed by atoms with Gasteiger partial charge in [0.25, 0.3) is 0 Å². The predicted octanol–water partition coefficient (Wildman–Crippen LogP) is -0.862. The molecule has 6 heteroatoms. The summed E-state index contributed by atoms with van der Waals surface area (Å²) >= 11 is 0. The van der Waals surface area contributed by atoms with Crippen LogP contribution in [0.2, 0.25) is 0 Å². The lowest BCUT2D eigenvalue weighted by atomic mass is 9.90. The minimum absolute atomic E-state index is 0.0226. The second-order valence-corrected chi connectivity index (χ2v) is 5.18. The summed E-state index contributed by atoms with van der Waals surface area (Å²) in [6, 6.07) is 0. The highest BCUT2D eigenvalue weighted by Crippen LogP contribution is 2.31. The number of rotatable bonds is 5. The molecule has 0 bridgehead atoms. The number of carbonyl (C=O) groups is 2. The molecule has 0 aromatic heterocycles. The molecule has 2 aliphatic rings. The number of epoxide rings is 1. The first-order valence-corrected chi connectivity index (χ1v) is 6.24. The van der Waals surface area contributed by atoms with Gasteiger partial charge in [0, 0.05) is 5.92 Å². The van der Waals surface area contributed by atoms with Gasteiger partial charge in [-0.1, -0.05) is 6.92 Å². The summed E-state index contributed by atoms with van der Waals surface area (Å²) in [7, 11) is 0. The van der Waals surface area contributed by atoms with E-state index in [0.29, 0.717) is 13.2 Å². The van der Waals surface area contributed by atoms with Crippen LogP contribution in [0, 0.1) is 11.8 Å². The van der Waals surface area contributed by atoms with E-state index < -0.39 is 24.0 Å². The van der Waals surface area contributed by atoms with Crippen LogP contribution in [0.3, 0.4) is 0 Å². The van der Waals surface area contributed by atoms with Crippen molar-refractivity contribution < 1.29 is 24.5 Å². The molecule has 0 aromatic rings. The molecular weight excluding hydrogens is 238 g/mol. The second-order valence-electron chi connectivity index (χ2n) is 5.18. The van der Waals surface area contributed by atoms with E-state index in [9.17, 15) is 19.8 Å². The van der Waals surface area contributed by atoms with Crippen LogP contribution in [0.15, 0.2) is 0 Å². The van der Waals surface area contributed by atoms with Crippen molar-refractivity contribution >= 4 is 11.8 Å². The van der Waals surface area contributed by atoms with Gasteiger partial charge in [0.05, 0.1) is 37.4 Å². The third-order valence-electron chi connectivity index (χ3n) is 3.68. The Kier molecular flexibility index (Phi) is 3.70. The van der Waals surface area contributed by atoms with Crippen LogP contribution in [0.25, 0.3) is 0 Å². The van der Waals surface area contributed by atoms with Gasteiger partial charge in [-0.05, 0) is 13.3 Å². The van der Waals surface area contributed by atoms with E-state index in [1.807, 2.05) is 0 Å². The van der Waals surface area contributed by atoms with Gasteiger partial charge in [0.15, 0.2) is 0 Å². The van der Waals surface area contributed by atoms with E-state index in [4.69, 9.17) is 4.74 Å². The smallest absolute Gasteiger partial charge is 0.233 e. The number of hydrogen-bond donors (Lipinski definition) is 2. The van der Waals surface area contributed by atoms with Crippen molar-refractivity contribution in [2.45, 2.75) is 38.6 Å². The van der Waals surface area contributed by atoms with Crippen molar-refractivity contribution in [3.05, 3.63) is 0 Å². The van der Waals surface area contributed by atoms with E-state index >= 15 is 0 Å². The van der Waals surface area contributed by atoms with E-state index in [0.717, 1.165) is 0 Å². The maximum Gasteiger partial charge on any atom is 0.233 e. The zero-order valence-electron chi connectivity index (χ0n) is 10.6. The van der Waals surface area contributed by atoms with Gasteiger partial charge in [-0.15, -0.1) is 0 Å². The van der Waals surface area contributed by atoms with Gasteiger partial charge in [-0.25, -0.2) is 0 Å². The predicted molar refractivity (Wildman–Crippen MR) is 61.4 cm³/mol. The average Bonchev–Trinajstić information content (AvgIpc) is 3.10. The first kappa shape index (κ1) is 13.5. The van der Waals surface area contributed by atoms with Crippen LogP contribution in [-0.4, -0.2) is 58.4 Å². The van der Waals surface area contributed by atoms with E-state index in [1.165, 1.54) is 11.8 Å². The Balaban J connectivity index is 2.02. The van der Waals surface area contributed by atoms with Gasteiger partial charge in [0.1, 0.15) is 0 Å². The Morgan fingerprint density at radius 1 is 1.39 bits per heavy atom. The zero-order valence-corrected chi connectivity index (χ0v) is 10.6. The lowest BCUT2D eigenvalue weighted by Crippen LogP contribution is -2.35. The number of aliphatic hydroxyl groups is 2. The quantitative estimate of drug-likeness (QED) is 0.494. The fourth-order valence-electron chi connectivity index (χ4n) is 2.26. The molecule has 6 nitrogen and oxygen atoms in total. The van der Waals surface area contributed by atoms with Crippen molar-refractivity contribution in [1.82, 2.24) is 4.90 Å². The SMILES string of the molecule is CC(O)C(O)CC1C(=O)N(CC2CO2)C(=O)C1C. The maximum absolute atomic E-state index is 12.1. The number of ether oxygens (including phenoxy) is 1. The minimum atomic E-state index is -0.980. The Morgan fingerprint density at radius 2 is 2.00 bits per heavy atom. The van der Waals surface area contributed by atoms with Crippen LogP contribution in [0.4, 0.5) is 0 Å². The molecule has 2 saturated heterocycles. The molecule has 0 aliphatic carbocycles. The van der Waals surface area contributed by atoms with Crippen LogP contribution in [-0.2, 0) is 14.3 Å². The molecule has 5 atom stereocenters. The molecular formula is C12H19NO5. The summed E-state index contributed by atoms with van der Waals surface area (Å²) < 4.78 is 5.02. The number of imide groups is 1. The molecule has 0 spiro atoms. The van der Waals surface area contributed by atoms with Crippen molar-refractivity contribution in [2.24, 2.45) is 11.8 Å². The summed E-state index contributed by atoms with van der Waals surface area (Å²) in [4.78, 5) is 25.3. The van der Waals surface area contributed by atoms with Gasteiger partial charge in [-0.2, -0.15) is 0 Å². The molecule has 2 amide bonds. The Morgan fingerprint density at radius 3 is 2.50 bits per heavy atom. The van der Waals surface area contributed by atoms with Crippen molar-refractivity contribution in [3.8, 4) is 0 Å². The fraction of sp³-hybridized carbons (Fsp3) is 0.833. The third-order valence-corrected chi connectivity index (χ3v) is 3.68. The zero-order chi connectivity index (χ0) is 13.4. The van der Waals surface area contributed by atoms with Gasteiger partial charge < -0.3 is 14.9 Å². The topological polar surface area (TPSA) is 90.4 Å². The molecule has 2 fully saturated rings. The van der Waals surface area contributed by atoms with Crippen LogP contribution in [0.5, 0.6) is 0 Å². The Bertz CT molecular complexity index is 352. The van der Waals surface area contributed by atoms with Gasteiger partial charge >= 0.3 is 0 Å². The highest BCUT2D eigenvalue weighted by Gasteiger charge is 2.47. The first-order valence-electron chi connectivity index (χ1n) is 6.24. The van der Waals surface area contributed by atoms with Crippen LogP contribution in [0.1, 0.15) is 20.3 Å². The molecule has 2 N–H and O–H groups in total. The molecule has 102 valence electrons.